The van der Waals surface area contributed by atoms with E-state index in [1.54, 1.807) is 6.07 Å². The summed E-state index contributed by atoms with van der Waals surface area (Å²) in [5.41, 5.74) is 0.772. The fourth-order valence-electron chi connectivity index (χ4n) is 2.79. The van der Waals surface area contributed by atoms with Gasteiger partial charge in [-0.2, -0.15) is 13.2 Å². The van der Waals surface area contributed by atoms with Crippen LogP contribution in [0.3, 0.4) is 0 Å². The molecule has 0 saturated carbocycles. The monoisotopic (exact) mass is 333 g/mol. The Morgan fingerprint density at radius 3 is 2.50 bits per heavy atom. The highest BCUT2D eigenvalue weighted by molar-refractivity contribution is 7.99. The van der Waals surface area contributed by atoms with Crippen LogP contribution >= 0.6 is 11.8 Å². The van der Waals surface area contributed by atoms with E-state index in [4.69, 9.17) is 5.11 Å². The minimum Gasteiger partial charge on any atom is -0.386 e. The summed E-state index contributed by atoms with van der Waals surface area (Å²) in [6, 6.07) is 4.04. The molecular weight excluding hydrogens is 311 g/mol. The first-order chi connectivity index (χ1) is 10.1. The number of benzene rings is 1. The molecular formula is C16H22F3NOS. The van der Waals surface area contributed by atoms with Crippen molar-refractivity contribution in [1.82, 2.24) is 0 Å². The Balaban J connectivity index is 2.38. The first-order valence-electron chi connectivity index (χ1n) is 7.32. The first-order valence-corrected chi connectivity index (χ1v) is 8.37. The average Bonchev–Trinajstić information content (AvgIpc) is 2.85. The van der Waals surface area contributed by atoms with Gasteiger partial charge in [0.1, 0.15) is 0 Å². The molecule has 1 saturated heterocycles. The van der Waals surface area contributed by atoms with Crippen LogP contribution in [0, 0.1) is 0 Å². The molecule has 0 aromatic heterocycles. The molecule has 1 fully saturated rings. The van der Waals surface area contributed by atoms with Crippen molar-refractivity contribution in [2.24, 2.45) is 0 Å². The minimum atomic E-state index is -4.33. The largest absolute Gasteiger partial charge is 0.416 e. The highest BCUT2D eigenvalue weighted by atomic mass is 32.2. The van der Waals surface area contributed by atoms with Crippen molar-refractivity contribution in [3.63, 3.8) is 0 Å². The van der Waals surface area contributed by atoms with Gasteiger partial charge in [0, 0.05) is 24.0 Å². The normalized spacial score (nSPS) is 19.8. The maximum atomic E-state index is 13.0. The number of alkyl halides is 3. The number of nitrogens with zero attached hydrogens (tertiary/aromatic N) is 1. The van der Waals surface area contributed by atoms with Crippen LogP contribution in [0.1, 0.15) is 38.3 Å². The summed E-state index contributed by atoms with van der Waals surface area (Å²) in [6.45, 7) is 7.43. The molecule has 0 spiro atoms. The number of hydrogen-bond acceptors (Lipinski definition) is 3. The second-order valence-electron chi connectivity index (χ2n) is 6.63. The topological polar surface area (TPSA) is 23.5 Å². The molecule has 0 aliphatic carbocycles. The van der Waals surface area contributed by atoms with Gasteiger partial charge in [0.25, 0.3) is 0 Å². The molecule has 1 aliphatic rings. The van der Waals surface area contributed by atoms with Gasteiger partial charge in [0.15, 0.2) is 0 Å². The van der Waals surface area contributed by atoms with Gasteiger partial charge in [0.05, 0.1) is 11.5 Å². The van der Waals surface area contributed by atoms with Crippen molar-refractivity contribution in [2.75, 3.05) is 23.9 Å². The van der Waals surface area contributed by atoms with E-state index in [2.05, 4.69) is 0 Å². The molecule has 1 aromatic rings. The third-order valence-corrected chi connectivity index (χ3v) is 4.93. The smallest absolute Gasteiger partial charge is 0.386 e. The summed E-state index contributed by atoms with van der Waals surface area (Å²) in [4.78, 5) is 2.02. The van der Waals surface area contributed by atoms with Crippen molar-refractivity contribution >= 4 is 17.4 Å². The molecule has 1 unspecified atom stereocenters. The fourth-order valence-corrected chi connectivity index (χ4v) is 3.56. The van der Waals surface area contributed by atoms with Gasteiger partial charge in [-0.05, 0) is 29.5 Å². The second-order valence-corrected chi connectivity index (χ2v) is 7.89. The SMILES string of the molecule is CC(C)(C)c1ccc(C(F)(F)F)cc1N1CCC(SCO)C1. The van der Waals surface area contributed by atoms with Gasteiger partial charge in [-0.25, -0.2) is 0 Å². The number of thioether (sulfide) groups is 1. The quantitative estimate of drug-likeness (QED) is 0.836. The van der Waals surface area contributed by atoms with E-state index in [0.717, 1.165) is 18.5 Å². The minimum absolute atomic E-state index is 0.0488. The lowest BCUT2D eigenvalue weighted by atomic mass is 9.84. The van der Waals surface area contributed by atoms with Crippen LogP contribution in [0.25, 0.3) is 0 Å². The van der Waals surface area contributed by atoms with E-state index >= 15 is 0 Å². The predicted octanol–water partition coefficient (Wildman–Crippen LogP) is 4.26. The zero-order chi connectivity index (χ0) is 16.5. The Morgan fingerprint density at radius 2 is 1.95 bits per heavy atom. The van der Waals surface area contributed by atoms with Crippen LogP contribution < -0.4 is 4.90 Å². The zero-order valence-corrected chi connectivity index (χ0v) is 13.9. The Labute approximate surface area is 133 Å². The standard InChI is InChI=1S/C16H22F3NOS/c1-15(2,3)13-5-4-11(16(17,18)19)8-14(13)20-7-6-12(9-20)22-10-21/h4-5,8,12,21H,6-7,9-10H2,1-3H3. The average molecular weight is 333 g/mol. The molecule has 22 heavy (non-hydrogen) atoms. The summed E-state index contributed by atoms with van der Waals surface area (Å²) in [5.74, 6) is 0.0488. The Morgan fingerprint density at radius 1 is 1.27 bits per heavy atom. The molecule has 124 valence electrons. The predicted molar refractivity (Wildman–Crippen MR) is 85.4 cm³/mol. The van der Waals surface area contributed by atoms with Crippen molar-refractivity contribution in [3.05, 3.63) is 29.3 Å². The van der Waals surface area contributed by atoms with Gasteiger partial charge in [0.2, 0.25) is 0 Å². The summed E-state index contributed by atoms with van der Waals surface area (Å²) in [5, 5.41) is 9.28. The first kappa shape index (κ1) is 17.5. The third kappa shape index (κ3) is 3.90. The lowest BCUT2D eigenvalue weighted by Crippen LogP contribution is -2.26. The zero-order valence-electron chi connectivity index (χ0n) is 13.1. The van der Waals surface area contributed by atoms with E-state index < -0.39 is 11.7 Å². The van der Waals surface area contributed by atoms with Gasteiger partial charge in [-0.15, -0.1) is 11.8 Å². The fraction of sp³-hybridized carbons (Fsp3) is 0.625. The van der Waals surface area contributed by atoms with Gasteiger partial charge in [-0.1, -0.05) is 26.8 Å². The Hall–Kier alpha value is -0.880. The van der Waals surface area contributed by atoms with Crippen LogP contribution in [0.15, 0.2) is 18.2 Å². The van der Waals surface area contributed by atoms with Crippen molar-refractivity contribution < 1.29 is 18.3 Å². The summed E-state index contributed by atoms with van der Waals surface area (Å²) in [6.07, 6.45) is -3.45. The maximum Gasteiger partial charge on any atom is 0.416 e. The molecule has 1 aromatic carbocycles. The maximum absolute atomic E-state index is 13.0. The van der Waals surface area contributed by atoms with Crippen molar-refractivity contribution in [1.29, 1.82) is 0 Å². The molecule has 6 heteroatoms. The number of anilines is 1. The van der Waals surface area contributed by atoms with Crippen molar-refractivity contribution in [3.8, 4) is 0 Å². The van der Waals surface area contributed by atoms with E-state index in [-0.39, 0.29) is 16.6 Å². The van der Waals surface area contributed by atoms with Crippen molar-refractivity contribution in [2.45, 2.75) is 44.0 Å². The van der Waals surface area contributed by atoms with Crippen LogP contribution in [-0.4, -0.2) is 29.4 Å². The summed E-state index contributed by atoms with van der Waals surface area (Å²) < 4.78 is 39.1. The molecule has 1 heterocycles. The molecule has 0 amide bonds. The highest BCUT2D eigenvalue weighted by Gasteiger charge is 2.34. The summed E-state index contributed by atoms with van der Waals surface area (Å²) in [7, 11) is 0. The summed E-state index contributed by atoms with van der Waals surface area (Å²) >= 11 is 1.45. The van der Waals surface area contributed by atoms with E-state index in [1.807, 2.05) is 25.7 Å². The molecule has 1 N–H and O–H groups in total. The molecule has 1 atom stereocenters. The second kappa shape index (κ2) is 6.32. The molecule has 0 radical (unpaired) electrons. The van der Waals surface area contributed by atoms with Gasteiger partial charge >= 0.3 is 6.18 Å². The lowest BCUT2D eigenvalue weighted by Gasteiger charge is -2.29. The number of rotatable bonds is 3. The highest BCUT2D eigenvalue weighted by Crippen LogP contribution is 2.39. The van der Waals surface area contributed by atoms with E-state index in [1.165, 1.54) is 23.9 Å². The van der Waals surface area contributed by atoms with Crippen LogP contribution in [0.5, 0.6) is 0 Å². The Bertz CT molecular complexity index is 525. The Kier molecular flexibility index (Phi) is 5.02. The van der Waals surface area contributed by atoms with E-state index in [0.29, 0.717) is 12.2 Å². The number of hydrogen-bond donors (Lipinski definition) is 1. The number of aliphatic hydroxyl groups is 1. The third-order valence-electron chi connectivity index (χ3n) is 3.93. The molecule has 2 rings (SSSR count). The molecule has 2 nitrogen and oxygen atoms in total. The van der Waals surface area contributed by atoms with Gasteiger partial charge < -0.3 is 10.0 Å². The molecule has 0 bridgehead atoms. The lowest BCUT2D eigenvalue weighted by molar-refractivity contribution is -0.137. The number of aliphatic hydroxyl groups excluding tert-OH is 1. The van der Waals surface area contributed by atoms with Crippen LogP contribution in [-0.2, 0) is 11.6 Å². The van der Waals surface area contributed by atoms with Crippen LogP contribution in [0.2, 0.25) is 0 Å². The molecule has 1 aliphatic heterocycles. The van der Waals surface area contributed by atoms with Crippen LogP contribution in [0.4, 0.5) is 18.9 Å². The number of halogens is 3. The van der Waals surface area contributed by atoms with E-state index in [9.17, 15) is 13.2 Å². The van der Waals surface area contributed by atoms with Gasteiger partial charge in [-0.3, -0.25) is 0 Å².